The number of thiophene rings is 1. The van der Waals surface area contributed by atoms with Crippen molar-refractivity contribution in [1.29, 1.82) is 0 Å². The number of nitrogens with zero attached hydrogens (tertiary/aromatic N) is 2. The minimum Gasteiger partial charge on any atom is -0.323 e. The number of rotatable bonds is 4. The Balaban J connectivity index is 1.25. The fourth-order valence-corrected chi connectivity index (χ4v) is 6.39. The summed E-state index contributed by atoms with van der Waals surface area (Å²) in [6.07, 6.45) is 3.41. The molecule has 1 N–H and O–H groups in total. The number of urea groups is 1. The van der Waals surface area contributed by atoms with E-state index in [0.717, 1.165) is 45.3 Å². The summed E-state index contributed by atoms with van der Waals surface area (Å²) in [5.74, 6) is 0.154. The standard InChI is InChI=1S/C24H29N3O2S/c1-16-9-12-30-21(16)15-26-10-7-19(8-11-26)24(2)22(28)27(23(29)25-24)20-13-17-5-3-4-6-18(17)14-20/h3-6,9,12,19-20H,7-8,10-11,13-15H2,1-2H3,(H,25,29)/t24-/m0/s1. The van der Waals surface area contributed by atoms with Gasteiger partial charge in [-0.05, 0) is 86.7 Å². The number of imide groups is 1. The number of aryl methyl sites for hydroxylation is 1. The van der Waals surface area contributed by atoms with Gasteiger partial charge in [-0.25, -0.2) is 4.79 Å². The lowest BCUT2D eigenvalue weighted by Gasteiger charge is -2.39. The topological polar surface area (TPSA) is 52.7 Å². The first-order valence-electron chi connectivity index (χ1n) is 10.9. The molecule has 1 aliphatic carbocycles. The molecule has 3 amide bonds. The second kappa shape index (κ2) is 7.50. The van der Waals surface area contributed by atoms with Crippen LogP contribution in [-0.4, -0.2) is 46.4 Å². The first-order valence-corrected chi connectivity index (χ1v) is 11.8. The highest BCUT2D eigenvalue weighted by molar-refractivity contribution is 7.10. The van der Waals surface area contributed by atoms with Crippen LogP contribution in [0, 0.1) is 12.8 Å². The van der Waals surface area contributed by atoms with E-state index in [0.29, 0.717) is 0 Å². The number of carbonyl (C=O) groups excluding carboxylic acids is 2. The molecule has 5 nitrogen and oxygen atoms in total. The summed E-state index contributed by atoms with van der Waals surface area (Å²) >= 11 is 1.82. The zero-order valence-electron chi connectivity index (χ0n) is 17.7. The van der Waals surface area contributed by atoms with Crippen LogP contribution in [0.25, 0.3) is 0 Å². The number of amides is 3. The van der Waals surface area contributed by atoms with Gasteiger partial charge in [-0.3, -0.25) is 14.6 Å². The number of hydrogen-bond donors (Lipinski definition) is 1. The van der Waals surface area contributed by atoms with Crippen molar-refractivity contribution < 1.29 is 9.59 Å². The quantitative estimate of drug-likeness (QED) is 0.762. The van der Waals surface area contributed by atoms with E-state index in [1.807, 2.05) is 30.4 Å². The number of hydrogen-bond acceptors (Lipinski definition) is 4. The van der Waals surface area contributed by atoms with E-state index < -0.39 is 5.54 Å². The SMILES string of the molecule is Cc1ccsc1CN1CCC([C@]2(C)NC(=O)N(C3Cc4ccccc4C3)C2=O)CC1. The summed E-state index contributed by atoms with van der Waals surface area (Å²) in [6.45, 7) is 7.03. The van der Waals surface area contributed by atoms with E-state index in [1.165, 1.54) is 26.5 Å². The fourth-order valence-electron chi connectivity index (χ4n) is 5.44. The molecule has 0 spiro atoms. The Morgan fingerprint density at radius 2 is 1.77 bits per heavy atom. The van der Waals surface area contributed by atoms with Crippen LogP contribution < -0.4 is 5.32 Å². The number of likely N-dealkylation sites (tertiary alicyclic amines) is 1. The highest BCUT2D eigenvalue weighted by atomic mass is 32.1. The van der Waals surface area contributed by atoms with Crippen molar-refractivity contribution in [1.82, 2.24) is 15.1 Å². The van der Waals surface area contributed by atoms with Crippen LogP contribution in [0.1, 0.15) is 41.3 Å². The Kier molecular flexibility index (Phi) is 4.94. The number of benzene rings is 1. The summed E-state index contributed by atoms with van der Waals surface area (Å²) in [5, 5.41) is 5.25. The zero-order valence-corrected chi connectivity index (χ0v) is 18.5. The number of piperidine rings is 1. The molecular weight excluding hydrogens is 394 g/mol. The van der Waals surface area contributed by atoms with Gasteiger partial charge in [0.15, 0.2) is 0 Å². The number of fused-ring (bicyclic) bond motifs is 1. The van der Waals surface area contributed by atoms with Crippen molar-refractivity contribution in [2.75, 3.05) is 13.1 Å². The Labute approximate surface area is 182 Å². The normalized spacial score (nSPS) is 25.7. The molecule has 2 saturated heterocycles. The van der Waals surface area contributed by atoms with Gasteiger partial charge in [0.25, 0.3) is 5.91 Å². The molecule has 2 fully saturated rings. The predicted octanol–water partition coefficient (Wildman–Crippen LogP) is 3.75. The summed E-state index contributed by atoms with van der Waals surface area (Å²) in [4.78, 5) is 31.8. The maximum atomic E-state index is 13.5. The molecule has 6 heteroatoms. The van der Waals surface area contributed by atoms with Crippen molar-refractivity contribution in [2.24, 2.45) is 5.92 Å². The molecule has 1 aromatic carbocycles. The molecule has 3 heterocycles. The fraction of sp³-hybridized carbons (Fsp3) is 0.500. The van der Waals surface area contributed by atoms with Crippen molar-refractivity contribution in [2.45, 2.75) is 57.7 Å². The van der Waals surface area contributed by atoms with Crippen LogP contribution in [0.2, 0.25) is 0 Å². The van der Waals surface area contributed by atoms with Crippen molar-refractivity contribution in [3.05, 3.63) is 57.3 Å². The molecule has 1 atom stereocenters. The minimum absolute atomic E-state index is 0.0298. The second-order valence-electron chi connectivity index (χ2n) is 9.22. The minimum atomic E-state index is -0.781. The van der Waals surface area contributed by atoms with Gasteiger partial charge in [-0.15, -0.1) is 11.3 Å². The van der Waals surface area contributed by atoms with Gasteiger partial charge in [-0.2, -0.15) is 0 Å². The Morgan fingerprint density at radius 3 is 2.37 bits per heavy atom. The van der Waals surface area contributed by atoms with Crippen LogP contribution >= 0.6 is 11.3 Å². The van der Waals surface area contributed by atoms with Gasteiger partial charge in [0, 0.05) is 17.5 Å². The summed E-state index contributed by atoms with van der Waals surface area (Å²) in [6, 6.07) is 10.2. The molecule has 3 aliphatic rings. The summed E-state index contributed by atoms with van der Waals surface area (Å²) < 4.78 is 0. The van der Waals surface area contributed by atoms with Gasteiger partial charge in [0.05, 0.1) is 0 Å². The van der Waals surface area contributed by atoms with Gasteiger partial charge in [-0.1, -0.05) is 24.3 Å². The molecule has 30 heavy (non-hydrogen) atoms. The van der Waals surface area contributed by atoms with Crippen LogP contribution in [0.15, 0.2) is 35.7 Å². The lowest BCUT2D eigenvalue weighted by atomic mass is 9.78. The molecule has 2 aromatic rings. The lowest BCUT2D eigenvalue weighted by Crippen LogP contribution is -2.54. The van der Waals surface area contributed by atoms with Crippen LogP contribution in [0.3, 0.4) is 0 Å². The van der Waals surface area contributed by atoms with Gasteiger partial charge in [0.1, 0.15) is 5.54 Å². The first-order chi connectivity index (χ1) is 14.5. The third-order valence-corrected chi connectivity index (χ3v) is 8.39. The van der Waals surface area contributed by atoms with Crippen LogP contribution in [0.5, 0.6) is 0 Å². The third kappa shape index (κ3) is 3.26. The van der Waals surface area contributed by atoms with Crippen LogP contribution in [0.4, 0.5) is 4.79 Å². The van der Waals surface area contributed by atoms with Crippen molar-refractivity contribution >= 4 is 23.3 Å². The van der Waals surface area contributed by atoms with E-state index in [-0.39, 0.29) is 23.9 Å². The number of nitrogens with one attached hydrogen (secondary N) is 1. The van der Waals surface area contributed by atoms with E-state index in [4.69, 9.17) is 0 Å². The molecule has 5 rings (SSSR count). The second-order valence-corrected chi connectivity index (χ2v) is 10.2. The Bertz CT molecular complexity index is 953. The lowest BCUT2D eigenvalue weighted by molar-refractivity contribution is -0.134. The molecule has 0 unspecified atom stereocenters. The number of carbonyl (C=O) groups is 2. The molecule has 1 aromatic heterocycles. The zero-order chi connectivity index (χ0) is 20.9. The van der Waals surface area contributed by atoms with Gasteiger partial charge >= 0.3 is 6.03 Å². The first kappa shape index (κ1) is 19.8. The highest BCUT2D eigenvalue weighted by Gasteiger charge is 2.55. The monoisotopic (exact) mass is 423 g/mol. The van der Waals surface area contributed by atoms with Crippen molar-refractivity contribution in [3.63, 3.8) is 0 Å². The summed E-state index contributed by atoms with van der Waals surface area (Å²) in [7, 11) is 0. The third-order valence-electron chi connectivity index (χ3n) is 7.38. The molecule has 0 bridgehead atoms. The highest BCUT2D eigenvalue weighted by Crippen LogP contribution is 2.37. The average Bonchev–Trinajstić information content (AvgIpc) is 3.39. The van der Waals surface area contributed by atoms with E-state index in [1.54, 1.807) is 0 Å². The van der Waals surface area contributed by atoms with E-state index in [9.17, 15) is 9.59 Å². The average molecular weight is 424 g/mol. The molecular formula is C24H29N3O2S. The molecule has 0 saturated carbocycles. The molecule has 158 valence electrons. The van der Waals surface area contributed by atoms with Gasteiger partial charge < -0.3 is 5.32 Å². The molecule has 0 radical (unpaired) electrons. The predicted molar refractivity (Wildman–Crippen MR) is 118 cm³/mol. The van der Waals surface area contributed by atoms with Crippen LogP contribution in [-0.2, 0) is 24.2 Å². The maximum Gasteiger partial charge on any atom is 0.325 e. The summed E-state index contributed by atoms with van der Waals surface area (Å²) in [5.41, 5.74) is 3.10. The maximum absolute atomic E-state index is 13.5. The van der Waals surface area contributed by atoms with E-state index in [2.05, 4.69) is 40.7 Å². The van der Waals surface area contributed by atoms with E-state index >= 15 is 0 Å². The smallest absolute Gasteiger partial charge is 0.323 e. The Morgan fingerprint density at radius 1 is 1.10 bits per heavy atom. The van der Waals surface area contributed by atoms with Gasteiger partial charge in [0.2, 0.25) is 0 Å². The Hall–Kier alpha value is -2.18. The van der Waals surface area contributed by atoms with Crippen molar-refractivity contribution in [3.8, 4) is 0 Å². The largest absolute Gasteiger partial charge is 0.325 e. The molecule has 2 aliphatic heterocycles.